The van der Waals surface area contributed by atoms with Crippen LogP contribution in [0.4, 0.5) is 0 Å². The molecule has 0 atom stereocenters. The van der Waals surface area contributed by atoms with Crippen molar-refractivity contribution >= 4 is 29.9 Å². The summed E-state index contributed by atoms with van der Waals surface area (Å²) in [5, 5.41) is 13.1. The number of methoxy groups -OCH3 is 1. The molecule has 0 aromatic heterocycles. The third kappa shape index (κ3) is 6.55. The van der Waals surface area contributed by atoms with Gasteiger partial charge in [-0.3, -0.25) is 4.99 Å². The van der Waals surface area contributed by atoms with Crippen LogP contribution in [0.15, 0.2) is 35.8 Å². The van der Waals surface area contributed by atoms with Gasteiger partial charge in [0.2, 0.25) is 0 Å². The topological polar surface area (TPSA) is 57.1 Å². The molecular weight excluding hydrogens is 393 g/mol. The predicted octanol–water partition coefficient (Wildman–Crippen LogP) is 2.99. The van der Waals surface area contributed by atoms with Crippen molar-refractivity contribution in [3.8, 4) is 11.5 Å². The number of ether oxygens (including phenoxy) is 1. The first-order valence-electron chi connectivity index (χ1n) is 7.01. The summed E-state index contributed by atoms with van der Waals surface area (Å²) < 4.78 is 5.17. The van der Waals surface area contributed by atoms with Crippen LogP contribution in [0.25, 0.3) is 0 Å². The summed E-state index contributed by atoms with van der Waals surface area (Å²) in [6, 6.07) is 5.18. The average molecular weight is 419 g/mol. The molecule has 0 amide bonds. The minimum Gasteiger partial charge on any atom is -0.508 e. The molecule has 2 N–H and O–H groups in total. The molecule has 0 aliphatic carbocycles. The number of guanidine groups is 1. The summed E-state index contributed by atoms with van der Waals surface area (Å²) in [6.07, 6.45) is 3.93. The summed E-state index contributed by atoms with van der Waals surface area (Å²) >= 11 is 0. The predicted molar refractivity (Wildman–Crippen MR) is 102 cm³/mol. The zero-order valence-electron chi connectivity index (χ0n) is 13.5. The number of hydrogen-bond acceptors (Lipinski definition) is 3. The van der Waals surface area contributed by atoms with Crippen LogP contribution in [0.1, 0.15) is 18.4 Å². The molecule has 0 radical (unpaired) electrons. The monoisotopic (exact) mass is 419 g/mol. The van der Waals surface area contributed by atoms with E-state index in [1.165, 1.54) is 0 Å². The van der Waals surface area contributed by atoms with E-state index in [0.717, 1.165) is 36.7 Å². The molecule has 0 fully saturated rings. The molecule has 0 bridgehead atoms. The van der Waals surface area contributed by atoms with Crippen LogP contribution in [-0.4, -0.2) is 43.7 Å². The van der Waals surface area contributed by atoms with Crippen LogP contribution in [0, 0.1) is 0 Å². The maximum atomic E-state index is 9.87. The lowest BCUT2D eigenvalue weighted by Gasteiger charge is -2.22. The Labute approximate surface area is 150 Å². The molecule has 22 heavy (non-hydrogen) atoms. The van der Waals surface area contributed by atoms with Crippen LogP contribution in [0.3, 0.4) is 0 Å². The van der Waals surface area contributed by atoms with E-state index in [4.69, 9.17) is 4.74 Å². The first kappa shape index (κ1) is 20.6. The highest BCUT2D eigenvalue weighted by atomic mass is 127. The van der Waals surface area contributed by atoms with Gasteiger partial charge in [-0.25, -0.2) is 0 Å². The van der Waals surface area contributed by atoms with Crippen molar-refractivity contribution in [2.24, 2.45) is 4.99 Å². The third-order valence-electron chi connectivity index (χ3n) is 3.20. The molecule has 0 spiro atoms. The van der Waals surface area contributed by atoms with Gasteiger partial charge in [0.15, 0.2) is 5.96 Å². The molecule has 5 nitrogen and oxygen atoms in total. The number of halogens is 1. The second-order valence-corrected chi connectivity index (χ2v) is 4.75. The van der Waals surface area contributed by atoms with Gasteiger partial charge in [0.25, 0.3) is 0 Å². The highest BCUT2D eigenvalue weighted by Gasteiger charge is 2.08. The smallest absolute Gasteiger partial charge is 0.193 e. The standard InChI is InChI=1S/C16H25N3O2.HI/c1-5-6-7-10-19(3)16(17-2)18-12-13-11-14(21-4)8-9-15(13)20;/h5,8-9,11,20H,1,6-7,10,12H2,2-4H3,(H,17,18);1H. The molecule has 1 aromatic carbocycles. The zero-order chi connectivity index (χ0) is 15.7. The van der Waals surface area contributed by atoms with E-state index in [2.05, 4.69) is 21.8 Å². The van der Waals surface area contributed by atoms with E-state index in [-0.39, 0.29) is 29.7 Å². The molecule has 0 unspecified atom stereocenters. The fourth-order valence-corrected chi connectivity index (χ4v) is 1.97. The quantitative estimate of drug-likeness (QED) is 0.235. The molecule has 1 aromatic rings. The number of allylic oxidation sites excluding steroid dienone is 1. The third-order valence-corrected chi connectivity index (χ3v) is 3.20. The highest BCUT2D eigenvalue weighted by Crippen LogP contribution is 2.22. The second kappa shape index (κ2) is 11.2. The van der Waals surface area contributed by atoms with Crippen LogP contribution in [-0.2, 0) is 6.54 Å². The number of phenols is 1. The molecule has 6 heteroatoms. The number of aliphatic imine (C=N–C) groups is 1. The number of hydrogen-bond donors (Lipinski definition) is 2. The number of nitrogens with one attached hydrogen (secondary N) is 1. The van der Waals surface area contributed by atoms with Crippen molar-refractivity contribution in [3.63, 3.8) is 0 Å². The lowest BCUT2D eigenvalue weighted by atomic mass is 10.2. The number of benzene rings is 1. The van der Waals surface area contributed by atoms with Gasteiger partial charge in [0.05, 0.1) is 7.11 Å². The number of unbranched alkanes of at least 4 members (excludes halogenated alkanes) is 1. The molecule has 0 aliphatic rings. The second-order valence-electron chi connectivity index (χ2n) is 4.75. The van der Waals surface area contributed by atoms with Crippen molar-refractivity contribution in [2.75, 3.05) is 27.7 Å². The van der Waals surface area contributed by atoms with E-state index in [0.29, 0.717) is 6.54 Å². The summed E-state index contributed by atoms with van der Waals surface area (Å²) in [4.78, 5) is 6.30. The lowest BCUT2D eigenvalue weighted by molar-refractivity contribution is 0.410. The maximum Gasteiger partial charge on any atom is 0.193 e. The summed E-state index contributed by atoms with van der Waals surface area (Å²) in [7, 11) is 5.34. The van der Waals surface area contributed by atoms with E-state index in [1.54, 1.807) is 26.3 Å². The molecule has 0 saturated carbocycles. The summed E-state index contributed by atoms with van der Waals surface area (Å²) in [5.74, 6) is 1.76. The van der Waals surface area contributed by atoms with Crippen LogP contribution >= 0.6 is 24.0 Å². The number of nitrogens with zero attached hydrogens (tertiary/aromatic N) is 2. The largest absolute Gasteiger partial charge is 0.508 e. The minimum atomic E-state index is 0. The summed E-state index contributed by atoms with van der Waals surface area (Å²) in [5.41, 5.74) is 0.773. The van der Waals surface area contributed by atoms with Crippen molar-refractivity contribution in [1.82, 2.24) is 10.2 Å². The van der Waals surface area contributed by atoms with Gasteiger partial charge in [-0.2, -0.15) is 0 Å². The first-order chi connectivity index (χ1) is 10.1. The fraction of sp³-hybridized carbons (Fsp3) is 0.438. The van der Waals surface area contributed by atoms with Gasteiger partial charge in [0.1, 0.15) is 11.5 Å². The molecule has 0 heterocycles. The van der Waals surface area contributed by atoms with Gasteiger partial charge in [-0.15, -0.1) is 30.6 Å². The highest BCUT2D eigenvalue weighted by molar-refractivity contribution is 14.0. The molecule has 124 valence electrons. The normalized spacial score (nSPS) is 10.6. The van der Waals surface area contributed by atoms with Gasteiger partial charge < -0.3 is 20.1 Å². The SMILES string of the molecule is C=CCCCN(C)C(=NC)NCc1cc(OC)ccc1O.I. The Bertz CT molecular complexity index is 492. The van der Waals surface area contributed by atoms with Crippen LogP contribution < -0.4 is 10.1 Å². The van der Waals surface area contributed by atoms with E-state index in [9.17, 15) is 5.11 Å². The van der Waals surface area contributed by atoms with Crippen LogP contribution in [0.2, 0.25) is 0 Å². The fourth-order valence-electron chi connectivity index (χ4n) is 1.97. The number of phenolic OH excluding ortho intramolecular Hbond substituents is 1. The minimum absolute atomic E-state index is 0. The number of rotatable bonds is 7. The van der Waals surface area contributed by atoms with E-state index >= 15 is 0 Å². The van der Waals surface area contributed by atoms with Crippen LogP contribution in [0.5, 0.6) is 11.5 Å². The zero-order valence-corrected chi connectivity index (χ0v) is 15.8. The van der Waals surface area contributed by atoms with Crippen molar-refractivity contribution in [2.45, 2.75) is 19.4 Å². The lowest BCUT2D eigenvalue weighted by Crippen LogP contribution is -2.38. The van der Waals surface area contributed by atoms with Gasteiger partial charge in [0, 0.05) is 32.7 Å². The molecule has 1 rings (SSSR count). The Kier molecular flexibility index (Phi) is 10.4. The first-order valence-corrected chi connectivity index (χ1v) is 7.01. The molecule has 0 saturated heterocycles. The van der Waals surface area contributed by atoms with Gasteiger partial charge in [-0.05, 0) is 31.0 Å². The van der Waals surface area contributed by atoms with Crippen molar-refractivity contribution < 1.29 is 9.84 Å². The van der Waals surface area contributed by atoms with Crippen molar-refractivity contribution in [1.29, 1.82) is 0 Å². The Morgan fingerprint density at radius 2 is 2.23 bits per heavy atom. The van der Waals surface area contributed by atoms with Gasteiger partial charge >= 0.3 is 0 Å². The van der Waals surface area contributed by atoms with Gasteiger partial charge in [-0.1, -0.05) is 6.08 Å². The van der Waals surface area contributed by atoms with E-state index < -0.39 is 0 Å². The maximum absolute atomic E-state index is 9.87. The Morgan fingerprint density at radius 3 is 2.82 bits per heavy atom. The van der Waals surface area contributed by atoms with E-state index in [1.807, 2.05) is 19.2 Å². The number of aromatic hydroxyl groups is 1. The Balaban J connectivity index is 0.00000441. The Morgan fingerprint density at radius 1 is 1.50 bits per heavy atom. The molecule has 0 aliphatic heterocycles. The van der Waals surface area contributed by atoms with Crippen molar-refractivity contribution in [3.05, 3.63) is 36.4 Å². The molecular formula is C16H26IN3O2. The average Bonchev–Trinajstić information content (AvgIpc) is 2.49. The Hall–Kier alpha value is -1.44. The summed E-state index contributed by atoms with van der Waals surface area (Å²) in [6.45, 7) is 5.11.